The summed E-state index contributed by atoms with van der Waals surface area (Å²) in [6.45, 7) is 4.46. The van der Waals surface area contributed by atoms with Crippen LogP contribution < -0.4 is 0 Å². The summed E-state index contributed by atoms with van der Waals surface area (Å²) in [5.74, 6) is 0.637. The Hall–Kier alpha value is -0.850. The van der Waals surface area contributed by atoms with Gasteiger partial charge in [-0.3, -0.25) is 4.98 Å². The summed E-state index contributed by atoms with van der Waals surface area (Å²) < 4.78 is 0. The maximum atomic E-state index is 4.22. The molecule has 0 radical (unpaired) electrons. The topological polar surface area (TPSA) is 12.9 Å². The summed E-state index contributed by atoms with van der Waals surface area (Å²) in [6, 6.07) is 0. The minimum Gasteiger partial charge on any atom is -0.264 e. The number of hydrogen-bond acceptors (Lipinski definition) is 1. The summed E-state index contributed by atoms with van der Waals surface area (Å²) in [5, 5.41) is 0. The molecule has 0 aliphatic heterocycles. The Morgan fingerprint density at radius 1 is 1.27 bits per heavy atom. The first kappa shape index (κ1) is 6.84. The summed E-state index contributed by atoms with van der Waals surface area (Å²) in [5.41, 5.74) is 4.49. The normalized spacial score (nSPS) is 14.5. The van der Waals surface area contributed by atoms with E-state index >= 15 is 0 Å². The number of hydrogen-bond donors (Lipinski definition) is 0. The van der Waals surface area contributed by atoms with Crippen LogP contribution in [0.4, 0.5) is 0 Å². The molecule has 2 rings (SSSR count). The lowest BCUT2D eigenvalue weighted by atomic mass is 9.83. The Morgan fingerprint density at radius 3 is 2.55 bits per heavy atom. The van der Waals surface area contributed by atoms with Crippen LogP contribution in [-0.4, -0.2) is 4.98 Å². The summed E-state index contributed by atoms with van der Waals surface area (Å²) in [4.78, 5) is 4.22. The predicted octanol–water partition coefficient (Wildman–Crippen LogP) is 2.30. The van der Waals surface area contributed by atoms with E-state index in [1.165, 1.54) is 24.0 Å². The van der Waals surface area contributed by atoms with Crippen molar-refractivity contribution < 1.29 is 0 Å². The minimum absolute atomic E-state index is 0.637. The molecule has 1 heteroatoms. The zero-order chi connectivity index (χ0) is 7.84. The molecule has 0 saturated carbocycles. The zero-order valence-corrected chi connectivity index (χ0v) is 7.09. The van der Waals surface area contributed by atoms with Gasteiger partial charge < -0.3 is 0 Å². The van der Waals surface area contributed by atoms with Crippen molar-refractivity contribution in [1.29, 1.82) is 0 Å². The van der Waals surface area contributed by atoms with E-state index in [2.05, 4.69) is 18.8 Å². The van der Waals surface area contributed by atoms with E-state index in [4.69, 9.17) is 0 Å². The number of fused-ring (bicyclic) bond motifs is 1. The first-order valence-corrected chi connectivity index (χ1v) is 4.24. The van der Waals surface area contributed by atoms with Crippen LogP contribution in [0.5, 0.6) is 0 Å². The van der Waals surface area contributed by atoms with Gasteiger partial charge in [0.15, 0.2) is 0 Å². The lowest BCUT2D eigenvalue weighted by Crippen LogP contribution is -2.13. The van der Waals surface area contributed by atoms with Crippen LogP contribution in [0.3, 0.4) is 0 Å². The molecule has 0 amide bonds. The van der Waals surface area contributed by atoms with E-state index in [1.54, 1.807) is 5.56 Å². The Labute approximate surface area is 67.5 Å². The van der Waals surface area contributed by atoms with Gasteiger partial charge in [0.1, 0.15) is 0 Å². The van der Waals surface area contributed by atoms with E-state index in [0.717, 1.165) is 0 Å². The van der Waals surface area contributed by atoms with Crippen LogP contribution in [0.25, 0.3) is 0 Å². The second-order valence-electron chi connectivity index (χ2n) is 3.52. The van der Waals surface area contributed by atoms with Gasteiger partial charge in [0, 0.05) is 12.4 Å². The number of pyridine rings is 1. The first-order valence-electron chi connectivity index (χ1n) is 4.24. The van der Waals surface area contributed by atoms with Gasteiger partial charge in [-0.25, -0.2) is 0 Å². The highest BCUT2D eigenvalue weighted by molar-refractivity contribution is 5.40. The van der Waals surface area contributed by atoms with Crippen LogP contribution in [0.2, 0.25) is 0 Å². The van der Waals surface area contributed by atoms with Crippen molar-refractivity contribution in [1.82, 2.24) is 4.98 Å². The van der Waals surface area contributed by atoms with Gasteiger partial charge in [0.2, 0.25) is 0 Å². The molecule has 0 unspecified atom stereocenters. The number of aromatic nitrogens is 1. The van der Waals surface area contributed by atoms with E-state index in [0.29, 0.717) is 5.92 Å². The molecule has 0 bridgehead atoms. The van der Waals surface area contributed by atoms with Crippen molar-refractivity contribution in [2.45, 2.75) is 32.6 Å². The zero-order valence-electron chi connectivity index (χ0n) is 7.09. The van der Waals surface area contributed by atoms with Gasteiger partial charge in [0.05, 0.1) is 0 Å². The summed E-state index contributed by atoms with van der Waals surface area (Å²) >= 11 is 0. The second-order valence-corrected chi connectivity index (χ2v) is 3.52. The largest absolute Gasteiger partial charge is 0.264 e. The predicted molar refractivity (Wildman–Crippen MR) is 45.7 cm³/mol. The third kappa shape index (κ3) is 0.953. The molecule has 1 aliphatic carbocycles. The van der Waals surface area contributed by atoms with Crippen LogP contribution in [0.15, 0.2) is 12.4 Å². The molecule has 0 fully saturated rings. The van der Waals surface area contributed by atoms with E-state index in [1.807, 2.05) is 12.4 Å². The average molecular weight is 147 g/mol. The van der Waals surface area contributed by atoms with Gasteiger partial charge in [0.25, 0.3) is 0 Å². The Morgan fingerprint density at radius 2 is 2.09 bits per heavy atom. The molecule has 0 spiro atoms. The summed E-state index contributed by atoms with van der Waals surface area (Å²) in [6.07, 6.45) is 6.53. The van der Waals surface area contributed by atoms with Crippen LogP contribution in [0.1, 0.15) is 36.5 Å². The highest BCUT2D eigenvalue weighted by Gasteiger charge is 2.18. The van der Waals surface area contributed by atoms with Crippen LogP contribution >= 0.6 is 0 Å². The SMILES string of the molecule is CC(C)c1cncc2c1CC2. The Bertz CT molecular complexity index is 276. The molecule has 1 aliphatic rings. The summed E-state index contributed by atoms with van der Waals surface area (Å²) in [7, 11) is 0. The highest BCUT2D eigenvalue weighted by atomic mass is 14.6. The number of aryl methyl sites for hydroxylation is 1. The van der Waals surface area contributed by atoms with E-state index in [-0.39, 0.29) is 0 Å². The van der Waals surface area contributed by atoms with Gasteiger partial charge in [-0.1, -0.05) is 13.8 Å². The van der Waals surface area contributed by atoms with Crippen molar-refractivity contribution in [2.75, 3.05) is 0 Å². The van der Waals surface area contributed by atoms with Crippen molar-refractivity contribution in [3.05, 3.63) is 29.1 Å². The Balaban J connectivity index is 2.48. The highest BCUT2D eigenvalue weighted by Crippen LogP contribution is 2.29. The smallest absolute Gasteiger partial charge is 0.0305 e. The van der Waals surface area contributed by atoms with Gasteiger partial charge in [-0.2, -0.15) is 0 Å². The molecule has 0 saturated heterocycles. The number of rotatable bonds is 1. The molecule has 11 heavy (non-hydrogen) atoms. The second kappa shape index (κ2) is 2.33. The average Bonchev–Trinajstić information content (AvgIpc) is 1.90. The maximum absolute atomic E-state index is 4.22. The minimum atomic E-state index is 0.637. The van der Waals surface area contributed by atoms with Gasteiger partial charge >= 0.3 is 0 Å². The monoisotopic (exact) mass is 147 g/mol. The first-order chi connectivity index (χ1) is 5.29. The maximum Gasteiger partial charge on any atom is 0.0305 e. The van der Waals surface area contributed by atoms with Gasteiger partial charge in [-0.05, 0) is 35.4 Å². The number of nitrogens with zero attached hydrogens (tertiary/aromatic N) is 1. The lowest BCUT2D eigenvalue weighted by molar-refractivity contribution is 0.754. The van der Waals surface area contributed by atoms with Crippen molar-refractivity contribution >= 4 is 0 Å². The molecule has 1 nitrogen and oxygen atoms in total. The molecular weight excluding hydrogens is 134 g/mol. The fourth-order valence-electron chi connectivity index (χ4n) is 1.65. The van der Waals surface area contributed by atoms with Crippen LogP contribution in [-0.2, 0) is 12.8 Å². The molecule has 1 heterocycles. The molecule has 0 aromatic carbocycles. The van der Waals surface area contributed by atoms with Crippen molar-refractivity contribution in [3.8, 4) is 0 Å². The quantitative estimate of drug-likeness (QED) is 0.594. The van der Waals surface area contributed by atoms with Crippen LogP contribution in [0, 0.1) is 0 Å². The fourth-order valence-corrected chi connectivity index (χ4v) is 1.65. The molecule has 0 N–H and O–H groups in total. The van der Waals surface area contributed by atoms with E-state index < -0.39 is 0 Å². The van der Waals surface area contributed by atoms with E-state index in [9.17, 15) is 0 Å². The lowest BCUT2D eigenvalue weighted by Gasteiger charge is -2.23. The fraction of sp³-hybridized carbons (Fsp3) is 0.500. The molecule has 0 atom stereocenters. The van der Waals surface area contributed by atoms with Crippen molar-refractivity contribution in [3.63, 3.8) is 0 Å². The van der Waals surface area contributed by atoms with Gasteiger partial charge in [-0.15, -0.1) is 0 Å². The molecule has 58 valence electrons. The molecular formula is C10H13N. The third-order valence-electron chi connectivity index (χ3n) is 2.45. The molecule has 1 aromatic heterocycles. The third-order valence-corrected chi connectivity index (χ3v) is 2.45. The molecule has 1 aromatic rings. The standard InChI is InChI=1S/C10H13N/c1-7(2)10-6-11-5-8-3-4-9(8)10/h5-7H,3-4H2,1-2H3. The Kier molecular flexibility index (Phi) is 1.45. The van der Waals surface area contributed by atoms with Crippen molar-refractivity contribution in [2.24, 2.45) is 0 Å².